The Morgan fingerprint density at radius 1 is 1.33 bits per heavy atom. The minimum atomic E-state index is 0.0691. The minimum Gasteiger partial charge on any atom is -0.333 e. The smallest absolute Gasteiger partial charge is 0.227 e. The van der Waals surface area contributed by atoms with Gasteiger partial charge in [0.25, 0.3) is 0 Å². The molecule has 0 aliphatic carbocycles. The van der Waals surface area contributed by atoms with Gasteiger partial charge in [-0.15, -0.1) is 0 Å². The number of benzene rings is 1. The number of imidazole rings is 1. The maximum absolute atomic E-state index is 12.9. The van der Waals surface area contributed by atoms with E-state index < -0.39 is 0 Å². The average molecular weight is 322 g/mol. The Kier molecular flexibility index (Phi) is 4.95. The number of nitrogens with zero attached hydrogens (tertiary/aromatic N) is 4. The number of rotatable bonds is 4. The predicted molar refractivity (Wildman–Crippen MR) is 91.1 cm³/mol. The van der Waals surface area contributed by atoms with E-state index in [1.54, 1.807) is 12.1 Å². The van der Waals surface area contributed by atoms with Gasteiger partial charge in [-0.1, -0.05) is 12.1 Å². The molecule has 1 aromatic heterocycles. The molecule has 3 rings (SSSR count). The van der Waals surface area contributed by atoms with E-state index in [1.807, 2.05) is 29.4 Å². The molecule has 0 radical (unpaired) electrons. The maximum atomic E-state index is 12.9. The average Bonchev–Trinajstić information content (AvgIpc) is 3.11. The van der Waals surface area contributed by atoms with Crippen LogP contribution in [0.3, 0.4) is 0 Å². The molecule has 1 aliphatic rings. The Morgan fingerprint density at radius 3 is 2.83 bits per heavy atom. The molecule has 1 aliphatic heterocycles. The van der Waals surface area contributed by atoms with Crippen LogP contribution in [0.15, 0.2) is 36.7 Å². The van der Waals surface area contributed by atoms with Gasteiger partial charge in [0, 0.05) is 25.5 Å². The first-order valence-electron chi connectivity index (χ1n) is 8.52. The van der Waals surface area contributed by atoms with Crippen molar-refractivity contribution in [3.63, 3.8) is 0 Å². The molecule has 24 heavy (non-hydrogen) atoms. The monoisotopic (exact) mass is 322 g/mol. The first kappa shape index (κ1) is 16.3. The van der Waals surface area contributed by atoms with Gasteiger partial charge in [-0.05, 0) is 43.9 Å². The van der Waals surface area contributed by atoms with Gasteiger partial charge in [-0.2, -0.15) is 5.26 Å². The summed E-state index contributed by atoms with van der Waals surface area (Å²) < 4.78 is 2.12. The molecule has 1 atom stereocenters. The van der Waals surface area contributed by atoms with Crippen molar-refractivity contribution in [3.05, 3.63) is 53.6 Å². The van der Waals surface area contributed by atoms with Crippen LogP contribution in [-0.2, 0) is 17.8 Å². The molecule has 0 saturated carbocycles. The Morgan fingerprint density at radius 2 is 2.12 bits per heavy atom. The van der Waals surface area contributed by atoms with Gasteiger partial charge in [0.1, 0.15) is 5.82 Å². The van der Waals surface area contributed by atoms with Crippen molar-refractivity contribution in [2.24, 2.45) is 0 Å². The van der Waals surface area contributed by atoms with Gasteiger partial charge >= 0.3 is 0 Å². The zero-order valence-corrected chi connectivity index (χ0v) is 14.0. The number of carbonyl (C=O) groups excluding carboxylic acids is 1. The summed E-state index contributed by atoms with van der Waals surface area (Å²) in [6.45, 7) is 3.75. The lowest BCUT2D eigenvalue weighted by molar-refractivity contribution is -0.134. The summed E-state index contributed by atoms with van der Waals surface area (Å²) in [7, 11) is 0. The quantitative estimate of drug-likeness (QED) is 0.869. The third-order valence-electron chi connectivity index (χ3n) is 4.65. The fraction of sp³-hybridized carbons (Fsp3) is 0.421. The van der Waals surface area contributed by atoms with Crippen molar-refractivity contribution in [2.75, 3.05) is 6.54 Å². The van der Waals surface area contributed by atoms with Gasteiger partial charge in [0.05, 0.1) is 24.1 Å². The van der Waals surface area contributed by atoms with E-state index in [0.717, 1.165) is 43.7 Å². The molecule has 1 unspecified atom stereocenters. The number of aromatic nitrogens is 2. The lowest BCUT2D eigenvalue weighted by Crippen LogP contribution is -2.40. The maximum Gasteiger partial charge on any atom is 0.227 e. The third-order valence-corrected chi connectivity index (χ3v) is 4.65. The van der Waals surface area contributed by atoms with Crippen LogP contribution in [0.2, 0.25) is 0 Å². The van der Waals surface area contributed by atoms with Crippen molar-refractivity contribution < 1.29 is 4.79 Å². The molecule has 1 amide bonds. The summed E-state index contributed by atoms with van der Waals surface area (Å²) in [6.07, 6.45) is 7.30. The van der Waals surface area contributed by atoms with Crippen LogP contribution in [-0.4, -0.2) is 26.9 Å². The van der Waals surface area contributed by atoms with Crippen LogP contribution in [0.5, 0.6) is 0 Å². The molecule has 0 spiro atoms. The van der Waals surface area contributed by atoms with Crippen molar-refractivity contribution in [1.82, 2.24) is 14.5 Å². The predicted octanol–water partition coefficient (Wildman–Crippen LogP) is 3.07. The van der Waals surface area contributed by atoms with Crippen LogP contribution >= 0.6 is 0 Å². The summed E-state index contributed by atoms with van der Waals surface area (Å²) in [6, 6.07) is 9.43. The molecule has 1 fully saturated rings. The lowest BCUT2D eigenvalue weighted by atomic mass is 9.99. The first-order valence-corrected chi connectivity index (χ1v) is 8.52. The number of amides is 1. The second-order valence-corrected chi connectivity index (χ2v) is 6.16. The molecular weight excluding hydrogens is 300 g/mol. The number of carbonyl (C=O) groups is 1. The second-order valence-electron chi connectivity index (χ2n) is 6.16. The number of aryl methyl sites for hydroxylation is 1. The van der Waals surface area contributed by atoms with Crippen LogP contribution < -0.4 is 0 Å². The molecule has 2 aromatic rings. The van der Waals surface area contributed by atoms with Crippen LogP contribution in [0.25, 0.3) is 0 Å². The van der Waals surface area contributed by atoms with Crippen LogP contribution in [0.4, 0.5) is 0 Å². The molecule has 0 bridgehead atoms. The van der Waals surface area contributed by atoms with Gasteiger partial charge < -0.3 is 9.47 Å². The van der Waals surface area contributed by atoms with E-state index in [0.29, 0.717) is 12.0 Å². The molecule has 124 valence electrons. The molecule has 5 heteroatoms. The fourth-order valence-electron chi connectivity index (χ4n) is 3.36. The fourth-order valence-corrected chi connectivity index (χ4v) is 3.36. The first-order chi connectivity index (χ1) is 11.7. The highest BCUT2D eigenvalue weighted by Gasteiger charge is 2.30. The summed E-state index contributed by atoms with van der Waals surface area (Å²) in [5.41, 5.74) is 1.56. The van der Waals surface area contributed by atoms with E-state index >= 15 is 0 Å². The van der Waals surface area contributed by atoms with Gasteiger partial charge in [0.15, 0.2) is 0 Å². The topological polar surface area (TPSA) is 61.9 Å². The van der Waals surface area contributed by atoms with E-state index in [4.69, 9.17) is 5.26 Å². The molecule has 0 N–H and O–H groups in total. The third kappa shape index (κ3) is 3.33. The van der Waals surface area contributed by atoms with E-state index in [-0.39, 0.29) is 11.9 Å². The molecule has 5 nitrogen and oxygen atoms in total. The SMILES string of the molecule is CCn1ccnc1C1CCCCN1C(=O)Cc1ccc(C#N)cc1. The lowest BCUT2D eigenvalue weighted by Gasteiger charge is -2.35. The zero-order valence-electron chi connectivity index (χ0n) is 14.0. The van der Waals surface area contributed by atoms with E-state index in [2.05, 4.69) is 22.5 Å². The highest BCUT2D eigenvalue weighted by Crippen LogP contribution is 2.30. The van der Waals surface area contributed by atoms with Gasteiger partial charge in [-0.3, -0.25) is 4.79 Å². The summed E-state index contributed by atoms with van der Waals surface area (Å²) in [5.74, 6) is 1.13. The highest BCUT2D eigenvalue weighted by atomic mass is 16.2. The van der Waals surface area contributed by atoms with Crippen molar-refractivity contribution in [1.29, 1.82) is 5.26 Å². The zero-order chi connectivity index (χ0) is 16.9. The molecule has 1 aromatic carbocycles. The van der Waals surface area contributed by atoms with Crippen LogP contribution in [0, 0.1) is 11.3 Å². The summed E-state index contributed by atoms with van der Waals surface area (Å²) in [5, 5.41) is 8.87. The van der Waals surface area contributed by atoms with Crippen molar-refractivity contribution in [2.45, 2.75) is 45.2 Å². The second kappa shape index (κ2) is 7.31. The summed E-state index contributed by atoms with van der Waals surface area (Å²) >= 11 is 0. The highest BCUT2D eigenvalue weighted by molar-refractivity contribution is 5.79. The number of hydrogen-bond acceptors (Lipinski definition) is 3. The van der Waals surface area contributed by atoms with Crippen LogP contribution in [0.1, 0.15) is 49.2 Å². The number of piperidine rings is 1. The number of likely N-dealkylation sites (tertiary alicyclic amines) is 1. The van der Waals surface area contributed by atoms with Gasteiger partial charge in [0.2, 0.25) is 5.91 Å². The Balaban J connectivity index is 1.77. The Bertz CT molecular complexity index is 741. The molecular formula is C19H22N4O. The molecule has 1 saturated heterocycles. The Hall–Kier alpha value is -2.61. The minimum absolute atomic E-state index is 0.0691. The normalized spacial score (nSPS) is 17.5. The van der Waals surface area contributed by atoms with E-state index in [9.17, 15) is 4.79 Å². The standard InChI is InChI=1S/C19H22N4O/c1-2-22-12-10-21-19(22)17-5-3-4-11-23(17)18(24)13-15-6-8-16(14-20)9-7-15/h6-10,12,17H,2-5,11,13H2,1H3. The number of nitriles is 1. The van der Waals surface area contributed by atoms with Crippen molar-refractivity contribution in [3.8, 4) is 6.07 Å². The van der Waals surface area contributed by atoms with Gasteiger partial charge in [-0.25, -0.2) is 4.98 Å². The number of hydrogen-bond donors (Lipinski definition) is 0. The van der Waals surface area contributed by atoms with Crippen molar-refractivity contribution >= 4 is 5.91 Å². The Labute approximate surface area is 142 Å². The molecule has 2 heterocycles. The largest absolute Gasteiger partial charge is 0.333 e. The summed E-state index contributed by atoms with van der Waals surface area (Å²) in [4.78, 5) is 19.3. The van der Waals surface area contributed by atoms with E-state index in [1.165, 1.54) is 0 Å².